The molecule has 3 heteroatoms. The fourth-order valence-electron chi connectivity index (χ4n) is 1.75. The lowest BCUT2D eigenvalue weighted by Crippen LogP contribution is -2.32. The molecule has 84 valence electrons. The van der Waals surface area contributed by atoms with Crippen LogP contribution in [-0.2, 0) is 6.42 Å². The van der Waals surface area contributed by atoms with Crippen molar-refractivity contribution in [3.63, 3.8) is 0 Å². The Bertz CT molecular complexity index is 326. The molecule has 1 aliphatic rings. The third-order valence-electron chi connectivity index (χ3n) is 2.77. The summed E-state index contributed by atoms with van der Waals surface area (Å²) in [6.07, 6.45) is 3.81. The van der Waals surface area contributed by atoms with E-state index in [0.717, 1.165) is 19.0 Å². The molecule has 1 aromatic rings. The summed E-state index contributed by atoms with van der Waals surface area (Å²) in [6, 6.07) is 0.807. The molecule has 1 saturated carbocycles. The lowest BCUT2D eigenvalue weighted by Gasteiger charge is -2.24. The van der Waals surface area contributed by atoms with E-state index in [4.69, 9.17) is 0 Å². The number of hydrogen-bond donors (Lipinski definition) is 1. The van der Waals surface area contributed by atoms with Crippen molar-refractivity contribution >= 4 is 11.3 Å². The molecule has 0 radical (unpaired) electrons. The van der Waals surface area contributed by atoms with E-state index in [1.807, 2.05) is 0 Å². The van der Waals surface area contributed by atoms with Crippen molar-refractivity contribution < 1.29 is 0 Å². The molecule has 0 bridgehead atoms. The minimum Gasteiger partial charge on any atom is -0.313 e. The summed E-state index contributed by atoms with van der Waals surface area (Å²) in [5.74, 6) is 0. The van der Waals surface area contributed by atoms with Gasteiger partial charge in [-0.1, -0.05) is 13.8 Å². The van der Waals surface area contributed by atoms with Crippen molar-refractivity contribution in [1.29, 1.82) is 0 Å². The number of rotatable bonds is 5. The van der Waals surface area contributed by atoms with Gasteiger partial charge in [-0.2, -0.15) is 0 Å². The second-order valence-electron chi connectivity index (χ2n) is 5.35. The van der Waals surface area contributed by atoms with Crippen LogP contribution in [0.15, 0.2) is 5.38 Å². The average Bonchev–Trinajstić information content (AvgIpc) is 2.88. The van der Waals surface area contributed by atoms with Crippen LogP contribution in [-0.4, -0.2) is 17.6 Å². The summed E-state index contributed by atoms with van der Waals surface area (Å²) in [5.41, 5.74) is 1.57. The van der Waals surface area contributed by atoms with Crippen LogP contribution in [0, 0.1) is 12.3 Å². The van der Waals surface area contributed by atoms with Gasteiger partial charge in [0.2, 0.25) is 0 Å². The normalized spacial score (nSPS) is 17.0. The van der Waals surface area contributed by atoms with Crippen LogP contribution in [0.2, 0.25) is 0 Å². The fraction of sp³-hybridized carbons (Fsp3) is 0.750. The Morgan fingerprint density at radius 1 is 1.53 bits per heavy atom. The van der Waals surface area contributed by atoms with Gasteiger partial charge in [-0.05, 0) is 31.6 Å². The molecule has 2 rings (SSSR count). The lowest BCUT2D eigenvalue weighted by atomic mass is 9.88. The molecular weight excluding hydrogens is 204 g/mol. The molecule has 1 N–H and O–H groups in total. The first-order valence-electron chi connectivity index (χ1n) is 5.70. The highest BCUT2D eigenvalue weighted by Gasteiger charge is 2.25. The highest BCUT2D eigenvalue weighted by Crippen LogP contribution is 2.25. The minimum atomic E-state index is 0.323. The molecule has 0 atom stereocenters. The zero-order valence-electron chi connectivity index (χ0n) is 9.84. The number of aromatic nitrogens is 1. The first-order chi connectivity index (χ1) is 7.05. The van der Waals surface area contributed by atoms with Crippen LogP contribution in [0.4, 0.5) is 0 Å². The van der Waals surface area contributed by atoms with Gasteiger partial charge in [0.1, 0.15) is 0 Å². The second kappa shape index (κ2) is 4.22. The van der Waals surface area contributed by atoms with Crippen LogP contribution in [0.1, 0.15) is 37.4 Å². The Morgan fingerprint density at radius 2 is 2.27 bits per heavy atom. The molecule has 1 heterocycles. The molecule has 0 spiro atoms. The third-order valence-corrected chi connectivity index (χ3v) is 3.60. The minimum absolute atomic E-state index is 0.323. The summed E-state index contributed by atoms with van der Waals surface area (Å²) in [7, 11) is 0. The Morgan fingerprint density at radius 3 is 2.80 bits per heavy atom. The predicted octanol–water partition coefficient (Wildman–Crippen LogP) is 2.77. The van der Waals surface area contributed by atoms with Gasteiger partial charge in [0.25, 0.3) is 0 Å². The molecule has 15 heavy (non-hydrogen) atoms. The Labute approximate surface area is 96.1 Å². The van der Waals surface area contributed by atoms with Gasteiger partial charge in [-0.25, -0.2) is 4.98 Å². The van der Waals surface area contributed by atoms with E-state index >= 15 is 0 Å². The quantitative estimate of drug-likeness (QED) is 0.832. The Kier molecular flexibility index (Phi) is 3.12. The van der Waals surface area contributed by atoms with Gasteiger partial charge in [0, 0.05) is 18.0 Å². The summed E-state index contributed by atoms with van der Waals surface area (Å²) in [4.78, 5) is 4.53. The number of aryl methyl sites for hydroxylation is 1. The molecule has 1 aromatic heterocycles. The number of nitrogens with zero attached hydrogens (tertiary/aromatic N) is 1. The molecule has 1 fully saturated rings. The number of nitrogens with one attached hydrogen (secondary N) is 1. The molecular formula is C12H20N2S. The largest absolute Gasteiger partial charge is 0.313 e. The van der Waals surface area contributed by atoms with Crippen LogP contribution in [0.25, 0.3) is 0 Å². The van der Waals surface area contributed by atoms with E-state index in [-0.39, 0.29) is 0 Å². The molecule has 0 unspecified atom stereocenters. The van der Waals surface area contributed by atoms with Gasteiger partial charge in [-0.3, -0.25) is 0 Å². The Hall–Kier alpha value is -0.410. The van der Waals surface area contributed by atoms with E-state index in [0.29, 0.717) is 5.41 Å². The van der Waals surface area contributed by atoms with E-state index in [9.17, 15) is 0 Å². The zero-order chi connectivity index (χ0) is 10.9. The fourth-order valence-corrected chi connectivity index (χ4v) is 2.36. The molecule has 0 aliphatic heterocycles. The van der Waals surface area contributed by atoms with E-state index in [1.165, 1.54) is 23.5 Å². The molecule has 2 nitrogen and oxygen atoms in total. The molecule has 0 saturated heterocycles. The van der Waals surface area contributed by atoms with Gasteiger partial charge < -0.3 is 5.32 Å². The van der Waals surface area contributed by atoms with Crippen LogP contribution >= 0.6 is 11.3 Å². The van der Waals surface area contributed by atoms with Crippen molar-refractivity contribution in [3.8, 4) is 0 Å². The van der Waals surface area contributed by atoms with Gasteiger partial charge in [0.05, 0.1) is 10.7 Å². The van der Waals surface area contributed by atoms with Crippen LogP contribution in [0.3, 0.4) is 0 Å². The maximum atomic E-state index is 4.53. The molecule has 0 amide bonds. The topological polar surface area (TPSA) is 24.9 Å². The maximum absolute atomic E-state index is 4.53. The highest BCUT2D eigenvalue weighted by molar-refractivity contribution is 7.09. The maximum Gasteiger partial charge on any atom is 0.0897 e. The Balaban J connectivity index is 1.84. The van der Waals surface area contributed by atoms with Crippen molar-refractivity contribution in [2.45, 2.75) is 46.1 Å². The van der Waals surface area contributed by atoms with Gasteiger partial charge >= 0.3 is 0 Å². The SMILES string of the molecule is Cc1nc(CC(C)(C)CNC2CC2)cs1. The van der Waals surface area contributed by atoms with Crippen molar-refractivity contribution in [1.82, 2.24) is 10.3 Å². The van der Waals surface area contributed by atoms with Crippen molar-refractivity contribution in [2.24, 2.45) is 5.41 Å². The number of thiazole rings is 1. The van der Waals surface area contributed by atoms with E-state index in [1.54, 1.807) is 11.3 Å². The van der Waals surface area contributed by atoms with E-state index in [2.05, 4.69) is 36.5 Å². The number of hydrogen-bond acceptors (Lipinski definition) is 3. The van der Waals surface area contributed by atoms with Crippen LogP contribution in [0.5, 0.6) is 0 Å². The zero-order valence-corrected chi connectivity index (χ0v) is 10.7. The summed E-state index contributed by atoms with van der Waals surface area (Å²) >= 11 is 1.75. The smallest absolute Gasteiger partial charge is 0.0897 e. The average molecular weight is 224 g/mol. The highest BCUT2D eigenvalue weighted by atomic mass is 32.1. The van der Waals surface area contributed by atoms with E-state index < -0.39 is 0 Å². The molecule has 0 aromatic carbocycles. The summed E-state index contributed by atoms with van der Waals surface area (Å²) < 4.78 is 0. The predicted molar refractivity (Wildman–Crippen MR) is 65.4 cm³/mol. The lowest BCUT2D eigenvalue weighted by molar-refractivity contribution is 0.334. The van der Waals surface area contributed by atoms with Crippen molar-refractivity contribution in [2.75, 3.05) is 6.54 Å². The second-order valence-corrected chi connectivity index (χ2v) is 6.42. The standard InChI is InChI=1S/C12H20N2S/c1-9-14-11(7-15-9)6-12(2,3)8-13-10-4-5-10/h7,10,13H,4-6,8H2,1-3H3. The first kappa shape index (κ1) is 11.1. The van der Waals surface area contributed by atoms with Crippen LogP contribution < -0.4 is 5.32 Å². The van der Waals surface area contributed by atoms with Gasteiger partial charge in [0.15, 0.2) is 0 Å². The van der Waals surface area contributed by atoms with Gasteiger partial charge in [-0.15, -0.1) is 11.3 Å². The summed E-state index contributed by atoms with van der Waals surface area (Å²) in [6.45, 7) is 7.81. The monoisotopic (exact) mass is 224 g/mol. The van der Waals surface area contributed by atoms with Crippen molar-refractivity contribution in [3.05, 3.63) is 16.1 Å². The first-order valence-corrected chi connectivity index (χ1v) is 6.57. The third kappa shape index (κ3) is 3.58. The summed E-state index contributed by atoms with van der Waals surface area (Å²) in [5, 5.41) is 6.97. The molecule has 1 aliphatic carbocycles.